The van der Waals surface area contributed by atoms with Crippen molar-refractivity contribution in [3.05, 3.63) is 0 Å². The van der Waals surface area contributed by atoms with E-state index in [9.17, 15) is 24.0 Å². The van der Waals surface area contributed by atoms with Crippen molar-refractivity contribution in [2.24, 2.45) is 17.3 Å². The molecule has 0 aromatic carbocycles. The highest BCUT2D eigenvalue weighted by Crippen LogP contribution is 2.46. The molecule has 0 radical (unpaired) electrons. The van der Waals surface area contributed by atoms with E-state index in [1.807, 2.05) is 20.8 Å². The summed E-state index contributed by atoms with van der Waals surface area (Å²) in [5.74, 6) is -1.49. The van der Waals surface area contributed by atoms with Gasteiger partial charge in [-0.2, -0.15) is 0 Å². The van der Waals surface area contributed by atoms with E-state index in [-0.39, 0.29) is 11.3 Å². The van der Waals surface area contributed by atoms with E-state index in [1.54, 1.807) is 0 Å². The number of urea groups is 2. The molecule has 1 saturated heterocycles. The van der Waals surface area contributed by atoms with Gasteiger partial charge in [0.15, 0.2) is 6.61 Å². The van der Waals surface area contributed by atoms with Gasteiger partial charge in [0, 0.05) is 6.54 Å². The molecule has 0 aromatic rings. The second-order valence-electron chi connectivity index (χ2n) is 9.91. The van der Waals surface area contributed by atoms with Crippen LogP contribution in [0.3, 0.4) is 0 Å². The fourth-order valence-corrected chi connectivity index (χ4v) is 4.65. The van der Waals surface area contributed by atoms with E-state index >= 15 is 0 Å². The lowest BCUT2D eigenvalue weighted by Crippen LogP contribution is -2.54. The molecule has 2 fully saturated rings. The van der Waals surface area contributed by atoms with E-state index in [0.717, 1.165) is 17.7 Å². The summed E-state index contributed by atoms with van der Waals surface area (Å²) in [5, 5.41) is 7.36. The van der Waals surface area contributed by atoms with Crippen LogP contribution in [-0.4, -0.2) is 60.0 Å². The summed E-state index contributed by atoms with van der Waals surface area (Å²) >= 11 is 0. The molecule has 10 heteroatoms. The number of esters is 1. The number of imide groups is 2. The van der Waals surface area contributed by atoms with Crippen LogP contribution in [0.4, 0.5) is 9.59 Å². The van der Waals surface area contributed by atoms with Crippen LogP contribution >= 0.6 is 0 Å². The first kappa shape index (κ1) is 24.6. The molecule has 2 atom stereocenters. The Kier molecular flexibility index (Phi) is 7.67. The summed E-state index contributed by atoms with van der Waals surface area (Å²) in [5.41, 5.74) is -1.13. The van der Waals surface area contributed by atoms with Gasteiger partial charge >= 0.3 is 18.0 Å². The van der Waals surface area contributed by atoms with Crippen LogP contribution in [-0.2, 0) is 19.1 Å². The molecule has 31 heavy (non-hydrogen) atoms. The van der Waals surface area contributed by atoms with Gasteiger partial charge in [-0.05, 0) is 42.9 Å². The minimum atomic E-state index is -1.01. The summed E-state index contributed by atoms with van der Waals surface area (Å²) in [6.45, 7) is 9.30. The van der Waals surface area contributed by atoms with Crippen molar-refractivity contribution in [2.75, 3.05) is 19.7 Å². The predicted octanol–water partition coefficient (Wildman–Crippen LogP) is 1.54. The zero-order valence-electron chi connectivity index (χ0n) is 19.0. The minimum absolute atomic E-state index is 0.120. The summed E-state index contributed by atoms with van der Waals surface area (Å²) in [7, 11) is 0. The van der Waals surface area contributed by atoms with Gasteiger partial charge in [0.2, 0.25) is 0 Å². The average Bonchev–Trinajstić information content (AvgIpc) is 2.81. The van der Waals surface area contributed by atoms with Crippen LogP contribution in [0.1, 0.15) is 60.3 Å². The van der Waals surface area contributed by atoms with E-state index in [4.69, 9.17) is 4.74 Å². The van der Waals surface area contributed by atoms with Crippen molar-refractivity contribution in [2.45, 2.75) is 65.8 Å². The molecule has 0 bridgehead atoms. The third-order valence-corrected chi connectivity index (χ3v) is 5.54. The largest absolute Gasteiger partial charge is 0.454 e. The van der Waals surface area contributed by atoms with Crippen molar-refractivity contribution in [3.63, 3.8) is 0 Å². The zero-order valence-corrected chi connectivity index (χ0v) is 19.0. The maximum Gasteiger partial charge on any atom is 0.326 e. The molecule has 1 saturated carbocycles. The number of hydrogen-bond donors (Lipinski definition) is 3. The van der Waals surface area contributed by atoms with Gasteiger partial charge in [0.05, 0.1) is 0 Å². The van der Waals surface area contributed by atoms with E-state index in [1.165, 1.54) is 0 Å². The number of ether oxygens (including phenoxy) is 1. The van der Waals surface area contributed by atoms with E-state index < -0.39 is 48.5 Å². The first-order chi connectivity index (χ1) is 14.3. The number of carbonyl (C=O) groups excluding carboxylic acids is 5. The Bertz CT molecular complexity index is 750. The standard InChI is InChI=1S/C21H34N4O6/c1-13(2)6-7-22-18(29)23-15(26)11-31-16(27)10-25-17(28)21(24-19(25)30)9-14(3)8-20(4,5)12-21/h13-14H,6-12H2,1-5H3,(H,24,30)(H2,22,23,26,29). The van der Waals surface area contributed by atoms with Crippen molar-refractivity contribution < 1.29 is 28.7 Å². The molecule has 1 heterocycles. The Labute approximate surface area is 182 Å². The van der Waals surface area contributed by atoms with E-state index in [0.29, 0.717) is 25.3 Å². The Morgan fingerprint density at radius 2 is 1.90 bits per heavy atom. The summed E-state index contributed by atoms with van der Waals surface area (Å²) in [6, 6.07) is -1.31. The van der Waals surface area contributed by atoms with Crippen molar-refractivity contribution in [3.8, 4) is 0 Å². The van der Waals surface area contributed by atoms with E-state index in [2.05, 4.69) is 29.8 Å². The van der Waals surface area contributed by atoms with Gasteiger partial charge in [0.1, 0.15) is 12.1 Å². The molecule has 3 N–H and O–H groups in total. The number of carbonyl (C=O) groups is 5. The average molecular weight is 439 g/mol. The molecule has 0 aromatic heterocycles. The lowest BCUT2D eigenvalue weighted by atomic mass is 9.64. The Hall–Kier alpha value is -2.65. The normalized spacial score (nSPS) is 24.8. The zero-order chi connectivity index (χ0) is 23.4. The van der Waals surface area contributed by atoms with Crippen LogP contribution < -0.4 is 16.0 Å². The van der Waals surface area contributed by atoms with Crippen molar-refractivity contribution in [1.82, 2.24) is 20.9 Å². The molecule has 2 aliphatic rings. The number of hydrogen-bond acceptors (Lipinski definition) is 6. The second kappa shape index (κ2) is 9.65. The summed E-state index contributed by atoms with van der Waals surface area (Å²) < 4.78 is 4.84. The lowest BCUT2D eigenvalue weighted by Gasteiger charge is -2.43. The van der Waals surface area contributed by atoms with Gasteiger partial charge in [-0.15, -0.1) is 0 Å². The third kappa shape index (κ3) is 6.67. The van der Waals surface area contributed by atoms with Crippen molar-refractivity contribution in [1.29, 1.82) is 0 Å². The fourth-order valence-electron chi connectivity index (χ4n) is 4.65. The molecule has 6 amide bonds. The highest BCUT2D eigenvalue weighted by atomic mass is 16.5. The molecular weight excluding hydrogens is 404 g/mol. The molecule has 1 spiro atoms. The Morgan fingerprint density at radius 1 is 1.23 bits per heavy atom. The molecule has 10 nitrogen and oxygen atoms in total. The number of nitrogens with one attached hydrogen (secondary N) is 3. The Morgan fingerprint density at radius 3 is 2.52 bits per heavy atom. The molecule has 174 valence electrons. The van der Waals surface area contributed by atoms with Crippen LogP contribution in [0.25, 0.3) is 0 Å². The van der Waals surface area contributed by atoms with Gasteiger partial charge < -0.3 is 15.4 Å². The molecule has 2 rings (SSSR count). The minimum Gasteiger partial charge on any atom is -0.454 e. The first-order valence-electron chi connectivity index (χ1n) is 10.7. The highest BCUT2D eigenvalue weighted by Gasteiger charge is 2.56. The second-order valence-corrected chi connectivity index (χ2v) is 9.91. The molecular formula is C21H34N4O6. The van der Waals surface area contributed by atoms with Gasteiger partial charge in [0.25, 0.3) is 11.8 Å². The van der Waals surface area contributed by atoms with Crippen LogP contribution in [0.5, 0.6) is 0 Å². The lowest BCUT2D eigenvalue weighted by molar-refractivity contribution is -0.151. The third-order valence-electron chi connectivity index (χ3n) is 5.54. The number of nitrogens with zero attached hydrogens (tertiary/aromatic N) is 1. The van der Waals surface area contributed by atoms with Gasteiger partial charge in [-0.25, -0.2) is 9.59 Å². The number of amides is 6. The monoisotopic (exact) mass is 438 g/mol. The first-order valence-corrected chi connectivity index (χ1v) is 10.7. The smallest absolute Gasteiger partial charge is 0.326 e. The maximum absolute atomic E-state index is 13.0. The predicted molar refractivity (Wildman–Crippen MR) is 112 cm³/mol. The summed E-state index contributed by atoms with van der Waals surface area (Å²) in [4.78, 5) is 61.7. The topological polar surface area (TPSA) is 134 Å². The van der Waals surface area contributed by atoms with Crippen LogP contribution in [0, 0.1) is 17.3 Å². The SMILES string of the molecule is CC(C)CCNC(=O)NC(=O)COC(=O)CN1C(=O)NC2(CC(C)CC(C)(C)C2)C1=O. The van der Waals surface area contributed by atoms with Gasteiger partial charge in [-0.1, -0.05) is 34.6 Å². The van der Waals surface area contributed by atoms with Crippen LogP contribution in [0.2, 0.25) is 0 Å². The Balaban J connectivity index is 1.83. The molecule has 2 unspecified atom stereocenters. The highest BCUT2D eigenvalue weighted by molar-refractivity contribution is 6.09. The maximum atomic E-state index is 13.0. The molecule has 1 aliphatic heterocycles. The van der Waals surface area contributed by atoms with Crippen LogP contribution in [0.15, 0.2) is 0 Å². The molecule has 1 aliphatic carbocycles. The number of rotatable bonds is 7. The van der Waals surface area contributed by atoms with Gasteiger partial charge in [-0.3, -0.25) is 24.6 Å². The summed E-state index contributed by atoms with van der Waals surface area (Å²) in [6.07, 6.45) is 2.72. The quantitative estimate of drug-likeness (QED) is 0.408. The fraction of sp³-hybridized carbons (Fsp3) is 0.762. The van der Waals surface area contributed by atoms with Crippen molar-refractivity contribution >= 4 is 29.8 Å².